The number of alkyl halides is 3. The molecule has 0 unspecified atom stereocenters. The number of anilines is 1. The fourth-order valence-electron chi connectivity index (χ4n) is 2.25. The molecule has 1 heterocycles. The van der Waals surface area contributed by atoms with Crippen LogP contribution in [-0.2, 0) is 26.5 Å². The van der Waals surface area contributed by atoms with Crippen LogP contribution in [-0.4, -0.2) is 30.7 Å². The Kier molecular flexibility index (Phi) is 6.65. The van der Waals surface area contributed by atoms with Gasteiger partial charge in [-0.05, 0) is 39.0 Å². The molecule has 29 heavy (non-hydrogen) atoms. The number of nitrogens with zero attached hydrogens (tertiary/aromatic N) is 2. The monoisotopic (exact) mass is 452 g/mol. The summed E-state index contributed by atoms with van der Waals surface area (Å²) in [6.45, 7) is 5.50. The first kappa shape index (κ1) is 23.2. The Morgan fingerprint density at radius 2 is 1.90 bits per heavy atom. The lowest BCUT2D eigenvalue weighted by molar-refractivity contribution is -0.137. The zero-order chi connectivity index (χ0) is 22.0. The molecule has 0 saturated heterocycles. The second-order valence-electron chi connectivity index (χ2n) is 7.18. The van der Waals surface area contributed by atoms with Crippen molar-refractivity contribution in [2.75, 3.05) is 11.9 Å². The van der Waals surface area contributed by atoms with Crippen molar-refractivity contribution in [1.29, 1.82) is 0 Å². The molecule has 0 saturated carbocycles. The molecule has 2 N–H and O–H groups in total. The SMILES string of the molecule is CC(C)(C)n1cc(NC(=O)CCNS(=O)(=O)c2ccc(Cl)c(C(F)(F)F)c2)cn1. The van der Waals surface area contributed by atoms with Crippen LogP contribution in [0.15, 0.2) is 35.5 Å². The van der Waals surface area contributed by atoms with E-state index in [1.54, 1.807) is 10.9 Å². The fraction of sp³-hybridized carbons (Fsp3) is 0.412. The number of halogens is 4. The fourth-order valence-corrected chi connectivity index (χ4v) is 3.53. The number of carbonyl (C=O) groups excluding carboxylic acids is 1. The van der Waals surface area contributed by atoms with Crippen molar-refractivity contribution in [1.82, 2.24) is 14.5 Å². The highest BCUT2D eigenvalue weighted by molar-refractivity contribution is 7.89. The summed E-state index contributed by atoms with van der Waals surface area (Å²) in [5.41, 5.74) is -1.08. The highest BCUT2D eigenvalue weighted by Crippen LogP contribution is 2.35. The lowest BCUT2D eigenvalue weighted by Gasteiger charge is -2.18. The average molecular weight is 453 g/mol. The molecule has 0 fully saturated rings. The van der Waals surface area contributed by atoms with E-state index in [0.717, 1.165) is 12.1 Å². The molecular formula is C17H20ClF3N4O3S. The van der Waals surface area contributed by atoms with Crippen LogP contribution >= 0.6 is 11.6 Å². The largest absolute Gasteiger partial charge is 0.417 e. The molecule has 0 spiro atoms. The molecule has 2 aromatic rings. The minimum atomic E-state index is -4.79. The van der Waals surface area contributed by atoms with Gasteiger partial charge in [0.15, 0.2) is 0 Å². The minimum Gasteiger partial charge on any atom is -0.323 e. The lowest BCUT2D eigenvalue weighted by atomic mass is 10.1. The first-order valence-corrected chi connectivity index (χ1v) is 10.3. The average Bonchev–Trinajstić information content (AvgIpc) is 3.02. The van der Waals surface area contributed by atoms with Gasteiger partial charge < -0.3 is 5.32 Å². The van der Waals surface area contributed by atoms with Crippen LogP contribution in [0.3, 0.4) is 0 Å². The van der Waals surface area contributed by atoms with Crippen LogP contribution in [0.4, 0.5) is 18.9 Å². The lowest BCUT2D eigenvalue weighted by Crippen LogP contribution is -2.28. The van der Waals surface area contributed by atoms with Gasteiger partial charge in [0.2, 0.25) is 15.9 Å². The molecule has 1 amide bonds. The molecular weight excluding hydrogens is 433 g/mol. The van der Waals surface area contributed by atoms with E-state index < -0.39 is 37.6 Å². The first-order valence-electron chi connectivity index (χ1n) is 8.41. The van der Waals surface area contributed by atoms with Crippen LogP contribution in [0.25, 0.3) is 0 Å². The smallest absolute Gasteiger partial charge is 0.323 e. The Labute approximate surface area is 171 Å². The van der Waals surface area contributed by atoms with E-state index in [-0.39, 0.29) is 18.5 Å². The molecule has 0 aliphatic heterocycles. The zero-order valence-corrected chi connectivity index (χ0v) is 17.4. The predicted molar refractivity (Wildman–Crippen MR) is 102 cm³/mol. The number of carbonyl (C=O) groups is 1. The Morgan fingerprint density at radius 1 is 1.24 bits per heavy atom. The molecule has 0 aliphatic carbocycles. The number of aromatic nitrogens is 2. The van der Waals surface area contributed by atoms with E-state index >= 15 is 0 Å². The Morgan fingerprint density at radius 3 is 2.45 bits per heavy atom. The molecule has 0 atom stereocenters. The Hall–Kier alpha value is -2.11. The van der Waals surface area contributed by atoms with Crippen molar-refractivity contribution in [3.05, 3.63) is 41.2 Å². The van der Waals surface area contributed by atoms with Crippen molar-refractivity contribution in [3.63, 3.8) is 0 Å². The van der Waals surface area contributed by atoms with E-state index in [1.807, 2.05) is 20.8 Å². The van der Waals surface area contributed by atoms with Crippen molar-refractivity contribution >= 4 is 33.2 Å². The molecule has 0 bridgehead atoms. The van der Waals surface area contributed by atoms with Gasteiger partial charge in [0.25, 0.3) is 0 Å². The van der Waals surface area contributed by atoms with Gasteiger partial charge in [-0.25, -0.2) is 13.1 Å². The first-order chi connectivity index (χ1) is 13.2. The van der Waals surface area contributed by atoms with E-state index in [1.165, 1.54) is 6.20 Å². The number of hydrogen-bond donors (Lipinski definition) is 2. The molecule has 1 aromatic heterocycles. The third-order valence-corrected chi connectivity index (χ3v) is 5.54. The number of nitrogens with one attached hydrogen (secondary N) is 2. The summed E-state index contributed by atoms with van der Waals surface area (Å²) in [7, 11) is -4.25. The van der Waals surface area contributed by atoms with Crippen LogP contribution in [0.1, 0.15) is 32.8 Å². The van der Waals surface area contributed by atoms with Crippen molar-refractivity contribution in [3.8, 4) is 0 Å². The highest BCUT2D eigenvalue weighted by atomic mass is 35.5. The second kappa shape index (κ2) is 8.33. The van der Waals surface area contributed by atoms with Crippen molar-refractivity contribution in [2.45, 2.75) is 43.8 Å². The van der Waals surface area contributed by atoms with Gasteiger partial charge in [0, 0.05) is 19.2 Å². The van der Waals surface area contributed by atoms with Gasteiger partial charge in [0.05, 0.1) is 32.9 Å². The maximum absolute atomic E-state index is 12.9. The maximum atomic E-state index is 12.9. The number of amides is 1. The van der Waals surface area contributed by atoms with Crippen LogP contribution in [0, 0.1) is 0 Å². The number of benzene rings is 1. The highest BCUT2D eigenvalue weighted by Gasteiger charge is 2.34. The summed E-state index contributed by atoms with van der Waals surface area (Å²) in [6, 6.07) is 2.27. The third kappa shape index (κ3) is 6.18. The quantitative estimate of drug-likeness (QED) is 0.700. The normalized spacial score (nSPS) is 12.8. The second-order valence-corrected chi connectivity index (χ2v) is 9.35. The summed E-state index contributed by atoms with van der Waals surface area (Å²) < 4.78 is 66.9. The molecule has 1 aromatic carbocycles. The standard InChI is InChI=1S/C17H20ClF3N4O3S/c1-16(2,3)25-10-11(9-22-25)24-15(26)6-7-23-29(27,28)12-4-5-14(18)13(8-12)17(19,20)21/h4-5,8-10,23H,6-7H2,1-3H3,(H,24,26). The molecule has 0 aliphatic rings. The van der Waals surface area contributed by atoms with Gasteiger partial charge in [-0.3, -0.25) is 9.48 Å². The Balaban J connectivity index is 1.97. The number of sulfonamides is 1. The van der Waals surface area contributed by atoms with E-state index in [9.17, 15) is 26.4 Å². The van der Waals surface area contributed by atoms with Gasteiger partial charge in [-0.1, -0.05) is 11.6 Å². The summed E-state index contributed by atoms with van der Waals surface area (Å²) >= 11 is 5.49. The summed E-state index contributed by atoms with van der Waals surface area (Å²) in [5.74, 6) is -0.478. The zero-order valence-electron chi connectivity index (χ0n) is 15.8. The number of hydrogen-bond acceptors (Lipinski definition) is 4. The predicted octanol–water partition coefficient (Wildman–Crippen LogP) is 3.62. The van der Waals surface area contributed by atoms with Crippen LogP contribution in [0.2, 0.25) is 5.02 Å². The van der Waals surface area contributed by atoms with Crippen LogP contribution < -0.4 is 10.0 Å². The maximum Gasteiger partial charge on any atom is 0.417 e. The van der Waals surface area contributed by atoms with Crippen molar-refractivity contribution < 1.29 is 26.4 Å². The summed E-state index contributed by atoms with van der Waals surface area (Å²) in [5, 5.41) is 6.09. The Bertz CT molecular complexity index is 998. The molecule has 0 radical (unpaired) electrons. The molecule has 12 heteroatoms. The topological polar surface area (TPSA) is 93.1 Å². The van der Waals surface area contributed by atoms with E-state index in [0.29, 0.717) is 11.8 Å². The minimum absolute atomic E-state index is 0.223. The van der Waals surface area contributed by atoms with E-state index in [2.05, 4.69) is 15.1 Å². The van der Waals surface area contributed by atoms with Gasteiger partial charge >= 0.3 is 6.18 Å². The van der Waals surface area contributed by atoms with Gasteiger partial charge in [-0.2, -0.15) is 18.3 Å². The molecule has 160 valence electrons. The summed E-state index contributed by atoms with van der Waals surface area (Å²) in [6.07, 6.45) is -1.92. The molecule has 2 rings (SSSR count). The molecule has 7 nitrogen and oxygen atoms in total. The third-order valence-electron chi connectivity index (χ3n) is 3.75. The van der Waals surface area contributed by atoms with Crippen molar-refractivity contribution in [2.24, 2.45) is 0 Å². The van der Waals surface area contributed by atoms with Gasteiger partial charge in [-0.15, -0.1) is 0 Å². The van der Waals surface area contributed by atoms with Gasteiger partial charge in [0.1, 0.15) is 0 Å². The van der Waals surface area contributed by atoms with E-state index in [4.69, 9.17) is 11.6 Å². The summed E-state index contributed by atoms with van der Waals surface area (Å²) in [4.78, 5) is 11.4. The van der Waals surface area contributed by atoms with Crippen LogP contribution in [0.5, 0.6) is 0 Å². The number of rotatable bonds is 6.